The summed E-state index contributed by atoms with van der Waals surface area (Å²) in [5, 5.41) is 21.1. The van der Waals surface area contributed by atoms with Gasteiger partial charge in [0.05, 0.1) is 9.85 Å². The summed E-state index contributed by atoms with van der Waals surface area (Å²) in [6.45, 7) is 1.27. The van der Waals surface area contributed by atoms with Gasteiger partial charge in [0.2, 0.25) is 0 Å². The molecule has 0 N–H and O–H groups in total. The van der Waals surface area contributed by atoms with Crippen LogP contribution in [0, 0.1) is 27.2 Å². The van der Waals surface area contributed by atoms with E-state index in [9.17, 15) is 25.0 Å². The summed E-state index contributed by atoms with van der Waals surface area (Å²) in [7, 11) is 0. The third-order valence-corrected chi connectivity index (χ3v) is 1.90. The molecule has 78 valence electrons. The number of hydrogen-bond acceptors (Lipinski definition) is 5. The summed E-state index contributed by atoms with van der Waals surface area (Å²) in [5.74, 6) is 0. The van der Waals surface area contributed by atoms with Gasteiger partial charge in [0.15, 0.2) is 6.29 Å². The Bertz CT molecular complexity index is 419. The molecule has 0 unspecified atom stereocenters. The molecule has 1 aromatic rings. The van der Waals surface area contributed by atoms with Crippen LogP contribution in [0.1, 0.15) is 15.9 Å². The van der Waals surface area contributed by atoms with E-state index in [1.807, 2.05) is 0 Å². The largest absolute Gasteiger partial charge is 0.298 e. The normalized spacial score (nSPS) is 9.67. The molecule has 7 nitrogen and oxygen atoms in total. The lowest BCUT2D eigenvalue weighted by atomic mass is 10.1. The second-order valence-corrected chi connectivity index (χ2v) is 2.82. The number of hydrogen-bond donors (Lipinski definition) is 0. The van der Waals surface area contributed by atoms with Gasteiger partial charge in [-0.2, -0.15) is 0 Å². The Morgan fingerprint density at radius 1 is 1.13 bits per heavy atom. The molecule has 7 heteroatoms. The van der Waals surface area contributed by atoms with Gasteiger partial charge >= 0.3 is 0 Å². The van der Waals surface area contributed by atoms with Crippen molar-refractivity contribution >= 4 is 17.7 Å². The average molecular weight is 210 g/mol. The zero-order valence-electron chi connectivity index (χ0n) is 7.67. The van der Waals surface area contributed by atoms with E-state index in [0.717, 1.165) is 12.1 Å². The van der Waals surface area contributed by atoms with Crippen LogP contribution >= 0.6 is 0 Å². The second-order valence-electron chi connectivity index (χ2n) is 2.82. The third kappa shape index (κ3) is 1.96. The Hall–Kier alpha value is -2.31. The van der Waals surface area contributed by atoms with Crippen molar-refractivity contribution in [1.29, 1.82) is 0 Å². The van der Waals surface area contributed by atoms with Crippen LogP contribution in [0.15, 0.2) is 12.1 Å². The number of carbonyl (C=O) groups is 1. The zero-order valence-corrected chi connectivity index (χ0v) is 7.67. The Kier molecular flexibility index (Phi) is 2.75. The van der Waals surface area contributed by atoms with Crippen LogP contribution < -0.4 is 0 Å². The van der Waals surface area contributed by atoms with Crippen molar-refractivity contribution in [2.45, 2.75) is 6.92 Å². The smallest absolute Gasteiger partial charge is 0.279 e. The fourth-order valence-corrected chi connectivity index (χ4v) is 1.15. The Morgan fingerprint density at radius 2 is 1.53 bits per heavy atom. The van der Waals surface area contributed by atoms with E-state index < -0.39 is 21.2 Å². The molecule has 0 aliphatic rings. The first-order valence-electron chi connectivity index (χ1n) is 3.86. The van der Waals surface area contributed by atoms with Gasteiger partial charge in [-0.25, -0.2) is 0 Å². The third-order valence-electron chi connectivity index (χ3n) is 1.90. The molecule has 0 fully saturated rings. The highest BCUT2D eigenvalue weighted by atomic mass is 16.6. The molecule has 0 saturated heterocycles. The Labute approximate surface area is 83.6 Å². The fourth-order valence-electron chi connectivity index (χ4n) is 1.15. The average Bonchev–Trinajstić information content (AvgIpc) is 2.17. The van der Waals surface area contributed by atoms with Crippen LogP contribution in [0.3, 0.4) is 0 Å². The maximum Gasteiger partial charge on any atom is 0.279 e. The Morgan fingerprint density at radius 3 is 1.80 bits per heavy atom. The summed E-state index contributed by atoms with van der Waals surface area (Å²) >= 11 is 0. The van der Waals surface area contributed by atoms with E-state index in [0.29, 0.717) is 6.29 Å². The summed E-state index contributed by atoms with van der Waals surface area (Å²) in [6, 6.07) is 2.02. The number of rotatable bonds is 3. The number of nitro benzene ring substituents is 2. The van der Waals surface area contributed by atoms with Crippen molar-refractivity contribution in [3.63, 3.8) is 0 Å². The highest BCUT2D eigenvalue weighted by Crippen LogP contribution is 2.28. The van der Waals surface area contributed by atoms with Gasteiger partial charge in [-0.05, 0) is 6.92 Å². The summed E-state index contributed by atoms with van der Waals surface area (Å²) in [4.78, 5) is 30.0. The first-order valence-corrected chi connectivity index (χ1v) is 3.86. The fraction of sp³-hybridized carbons (Fsp3) is 0.125. The molecule has 1 rings (SSSR count). The van der Waals surface area contributed by atoms with E-state index in [-0.39, 0.29) is 11.1 Å². The van der Waals surface area contributed by atoms with Crippen molar-refractivity contribution in [3.8, 4) is 0 Å². The van der Waals surface area contributed by atoms with E-state index in [4.69, 9.17) is 0 Å². The first-order chi connectivity index (χ1) is 6.97. The minimum atomic E-state index is -0.755. The van der Waals surface area contributed by atoms with Crippen molar-refractivity contribution < 1.29 is 14.6 Å². The summed E-state index contributed by atoms with van der Waals surface area (Å²) in [6.07, 6.45) is 0.333. The van der Waals surface area contributed by atoms with E-state index in [1.165, 1.54) is 6.92 Å². The van der Waals surface area contributed by atoms with Crippen molar-refractivity contribution in [2.24, 2.45) is 0 Å². The molecule has 0 aromatic heterocycles. The molecule has 0 bridgehead atoms. The van der Waals surface area contributed by atoms with Gasteiger partial charge < -0.3 is 0 Å². The molecule has 0 heterocycles. The summed E-state index contributed by atoms with van der Waals surface area (Å²) in [5.41, 5.74) is -0.993. The molecule has 0 radical (unpaired) electrons. The van der Waals surface area contributed by atoms with Gasteiger partial charge in [-0.15, -0.1) is 0 Å². The van der Waals surface area contributed by atoms with Crippen LogP contribution in [-0.2, 0) is 0 Å². The molecule has 15 heavy (non-hydrogen) atoms. The minimum Gasteiger partial charge on any atom is -0.298 e. The molecule has 0 aliphatic carbocycles. The van der Waals surface area contributed by atoms with Crippen LogP contribution in [0.2, 0.25) is 0 Å². The quantitative estimate of drug-likeness (QED) is 0.428. The van der Waals surface area contributed by atoms with Crippen molar-refractivity contribution in [1.82, 2.24) is 0 Å². The molecular weight excluding hydrogens is 204 g/mol. The lowest BCUT2D eigenvalue weighted by molar-refractivity contribution is -0.395. The predicted octanol–water partition coefficient (Wildman–Crippen LogP) is 1.62. The van der Waals surface area contributed by atoms with Crippen LogP contribution in [-0.4, -0.2) is 16.1 Å². The predicted molar refractivity (Wildman–Crippen MR) is 49.9 cm³/mol. The van der Waals surface area contributed by atoms with Gasteiger partial charge in [-0.3, -0.25) is 25.0 Å². The van der Waals surface area contributed by atoms with Gasteiger partial charge in [0, 0.05) is 17.7 Å². The highest BCUT2D eigenvalue weighted by Gasteiger charge is 2.22. The maximum atomic E-state index is 10.5. The molecule has 1 aromatic carbocycles. The van der Waals surface area contributed by atoms with Crippen molar-refractivity contribution in [2.75, 3.05) is 0 Å². The number of nitro groups is 2. The monoisotopic (exact) mass is 210 g/mol. The molecular formula is C8H6N2O5. The number of benzene rings is 1. The maximum absolute atomic E-state index is 10.5. The lowest BCUT2D eigenvalue weighted by Crippen LogP contribution is -1.99. The molecule has 0 aliphatic heterocycles. The SMILES string of the molecule is Cc1c([N+](=O)[O-])cc(C=O)cc1[N+](=O)[O-]. The highest BCUT2D eigenvalue weighted by molar-refractivity contribution is 5.79. The van der Waals surface area contributed by atoms with Gasteiger partial charge in [-0.1, -0.05) is 0 Å². The number of aldehydes is 1. The van der Waals surface area contributed by atoms with Gasteiger partial charge in [0.1, 0.15) is 5.56 Å². The van der Waals surface area contributed by atoms with Crippen LogP contribution in [0.4, 0.5) is 11.4 Å². The lowest BCUT2D eigenvalue weighted by Gasteiger charge is -1.99. The van der Waals surface area contributed by atoms with Crippen LogP contribution in [0.25, 0.3) is 0 Å². The topological polar surface area (TPSA) is 103 Å². The number of carbonyl (C=O) groups excluding carboxylic acids is 1. The first kappa shape index (κ1) is 10.8. The van der Waals surface area contributed by atoms with Gasteiger partial charge in [0.25, 0.3) is 11.4 Å². The zero-order chi connectivity index (χ0) is 11.6. The van der Waals surface area contributed by atoms with E-state index in [1.54, 1.807) is 0 Å². The molecule has 0 spiro atoms. The van der Waals surface area contributed by atoms with Crippen molar-refractivity contribution in [3.05, 3.63) is 43.5 Å². The molecule has 0 saturated carbocycles. The standard InChI is InChI=1S/C8H6N2O5/c1-5-7(9(12)13)2-6(4-11)3-8(5)10(14)15/h2-4H,1H3. The molecule has 0 amide bonds. The second kappa shape index (κ2) is 3.82. The molecule has 0 atom stereocenters. The number of nitrogens with zero attached hydrogens (tertiary/aromatic N) is 2. The van der Waals surface area contributed by atoms with E-state index >= 15 is 0 Å². The Balaban J connectivity index is 3.53. The van der Waals surface area contributed by atoms with E-state index in [2.05, 4.69) is 0 Å². The minimum absolute atomic E-state index is 0.0596. The van der Waals surface area contributed by atoms with Crippen LogP contribution in [0.5, 0.6) is 0 Å². The summed E-state index contributed by atoms with van der Waals surface area (Å²) < 4.78 is 0.